The highest BCUT2D eigenvalue weighted by Gasteiger charge is 2.26. The molecule has 0 amide bonds. The number of para-hydroxylation sites is 4. The van der Waals surface area contributed by atoms with Gasteiger partial charge >= 0.3 is 0 Å². The Kier molecular flexibility index (Phi) is 6.03. The molecule has 8 aromatic rings. The summed E-state index contributed by atoms with van der Waals surface area (Å²) in [4.78, 5) is 5.43. The Balaban J connectivity index is 1.14. The van der Waals surface area contributed by atoms with Gasteiger partial charge < -0.3 is 14.3 Å². The van der Waals surface area contributed by atoms with Crippen LogP contribution in [0.4, 0.5) is 5.69 Å². The van der Waals surface area contributed by atoms with Gasteiger partial charge in [-0.15, -0.1) is 0 Å². The SMILES string of the molecule is C1=CCC(c2ccc(C3=NC(c4cccc5oc6c(-n7c8ccccc8c8ccccc87)cccc6c45)Nc4ccccc43)cc2)C=C1. The van der Waals surface area contributed by atoms with E-state index < -0.39 is 0 Å². The van der Waals surface area contributed by atoms with Crippen LogP contribution >= 0.6 is 0 Å². The molecule has 4 nitrogen and oxygen atoms in total. The third-order valence-electron chi connectivity index (χ3n) is 9.98. The number of anilines is 1. The van der Waals surface area contributed by atoms with Gasteiger partial charge in [-0.1, -0.05) is 127 Å². The van der Waals surface area contributed by atoms with Gasteiger partial charge in [0.2, 0.25) is 0 Å². The molecule has 2 aliphatic rings. The number of fused-ring (bicyclic) bond motifs is 7. The fourth-order valence-electron chi connectivity index (χ4n) is 7.73. The number of benzene rings is 6. The maximum absolute atomic E-state index is 6.78. The van der Waals surface area contributed by atoms with Crippen molar-refractivity contribution in [2.24, 2.45) is 4.99 Å². The van der Waals surface area contributed by atoms with Crippen molar-refractivity contribution in [3.05, 3.63) is 180 Å². The van der Waals surface area contributed by atoms with Gasteiger partial charge in [0.15, 0.2) is 5.58 Å². The molecule has 2 atom stereocenters. The lowest BCUT2D eigenvalue weighted by Gasteiger charge is -2.27. The zero-order chi connectivity index (χ0) is 31.6. The molecule has 0 fully saturated rings. The highest BCUT2D eigenvalue weighted by atomic mass is 16.3. The van der Waals surface area contributed by atoms with Crippen LogP contribution in [0.3, 0.4) is 0 Å². The van der Waals surface area contributed by atoms with Gasteiger partial charge in [-0.2, -0.15) is 0 Å². The largest absolute Gasteiger partial charge is 0.454 e. The minimum atomic E-state index is -0.289. The molecule has 0 spiro atoms. The zero-order valence-corrected chi connectivity index (χ0v) is 26.2. The fourth-order valence-corrected chi connectivity index (χ4v) is 7.73. The second kappa shape index (κ2) is 10.7. The molecule has 228 valence electrons. The third-order valence-corrected chi connectivity index (χ3v) is 9.98. The van der Waals surface area contributed by atoms with Crippen LogP contribution in [-0.4, -0.2) is 10.3 Å². The number of nitrogens with one attached hydrogen (secondary N) is 1. The van der Waals surface area contributed by atoms with E-state index in [0.717, 1.165) is 73.2 Å². The first-order valence-corrected chi connectivity index (χ1v) is 16.6. The predicted molar refractivity (Wildman–Crippen MR) is 199 cm³/mol. The lowest BCUT2D eigenvalue weighted by molar-refractivity contribution is 0.665. The molecule has 6 aromatic carbocycles. The van der Waals surface area contributed by atoms with Crippen LogP contribution in [0.2, 0.25) is 0 Å². The Morgan fingerprint density at radius 3 is 2.19 bits per heavy atom. The van der Waals surface area contributed by atoms with E-state index in [2.05, 4.69) is 168 Å². The van der Waals surface area contributed by atoms with Crippen molar-refractivity contribution >= 4 is 55.1 Å². The molecule has 0 saturated heterocycles. The summed E-state index contributed by atoms with van der Waals surface area (Å²) in [7, 11) is 0. The standard InChI is InChI=1S/C44H31N3O/c1-2-12-28(13-3-1)29-24-26-30(27-25-29)42-33-16-4-7-19-36(33)45-44(46-42)35-18-11-23-40-41(35)34-17-10-22-39(43(34)48-40)47-37-20-8-5-14-31(37)32-15-6-9-21-38(32)47/h1-12,14-28,44-45H,13H2. The van der Waals surface area contributed by atoms with E-state index >= 15 is 0 Å². The zero-order valence-electron chi connectivity index (χ0n) is 26.2. The maximum atomic E-state index is 6.78. The smallest absolute Gasteiger partial charge is 0.159 e. The van der Waals surface area contributed by atoms with E-state index in [1.807, 2.05) is 0 Å². The monoisotopic (exact) mass is 617 g/mol. The van der Waals surface area contributed by atoms with Crippen LogP contribution in [0.5, 0.6) is 0 Å². The predicted octanol–water partition coefficient (Wildman–Crippen LogP) is 11.2. The van der Waals surface area contributed by atoms with Gasteiger partial charge in [-0.05, 0) is 42.3 Å². The Labute approximate surface area is 278 Å². The second-order valence-electron chi connectivity index (χ2n) is 12.7. The normalized spacial score (nSPS) is 17.2. The van der Waals surface area contributed by atoms with E-state index in [1.165, 1.54) is 16.3 Å². The summed E-state index contributed by atoms with van der Waals surface area (Å²) in [5, 5.41) is 8.39. The number of nitrogens with zero attached hydrogens (tertiary/aromatic N) is 2. The topological polar surface area (TPSA) is 42.5 Å². The summed E-state index contributed by atoms with van der Waals surface area (Å²) in [6, 6.07) is 47.5. The molecule has 3 heterocycles. The molecular weight excluding hydrogens is 587 g/mol. The van der Waals surface area contributed by atoms with Crippen LogP contribution in [0, 0.1) is 0 Å². The van der Waals surface area contributed by atoms with Crippen LogP contribution in [-0.2, 0) is 0 Å². The van der Waals surface area contributed by atoms with Gasteiger partial charge in [-0.25, -0.2) is 0 Å². The molecule has 2 aromatic heterocycles. The second-order valence-corrected chi connectivity index (χ2v) is 12.7. The van der Waals surface area contributed by atoms with Crippen LogP contribution in [0.1, 0.15) is 40.8 Å². The molecule has 0 radical (unpaired) electrons. The molecule has 48 heavy (non-hydrogen) atoms. The first-order valence-electron chi connectivity index (χ1n) is 16.6. The molecule has 2 unspecified atom stereocenters. The molecule has 4 heteroatoms. The highest BCUT2D eigenvalue weighted by Crippen LogP contribution is 2.42. The minimum Gasteiger partial charge on any atom is -0.454 e. The van der Waals surface area contributed by atoms with Gasteiger partial charge in [0.25, 0.3) is 0 Å². The number of allylic oxidation sites excluding steroid dienone is 4. The summed E-state index contributed by atoms with van der Waals surface area (Å²) in [5.74, 6) is 0.415. The van der Waals surface area contributed by atoms with Crippen LogP contribution < -0.4 is 5.32 Å². The van der Waals surface area contributed by atoms with Crippen molar-refractivity contribution in [3.8, 4) is 5.69 Å². The van der Waals surface area contributed by atoms with Gasteiger partial charge in [0.05, 0.1) is 22.4 Å². The van der Waals surface area contributed by atoms with Crippen LogP contribution in [0.15, 0.2) is 167 Å². The first-order chi connectivity index (χ1) is 23.8. The molecular formula is C44H31N3O. The number of rotatable bonds is 4. The summed E-state index contributed by atoms with van der Waals surface area (Å²) in [5.41, 5.74) is 11.8. The Morgan fingerprint density at radius 2 is 1.40 bits per heavy atom. The van der Waals surface area contributed by atoms with Crippen molar-refractivity contribution in [3.63, 3.8) is 0 Å². The van der Waals surface area contributed by atoms with Crippen molar-refractivity contribution in [2.75, 3.05) is 5.32 Å². The fraction of sp³-hybridized carbons (Fsp3) is 0.0682. The summed E-state index contributed by atoms with van der Waals surface area (Å²) >= 11 is 0. The van der Waals surface area contributed by atoms with Crippen molar-refractivity contribution in [2.45, 2.75) is 18.5 Å². The van der Waals surface area contributed by atoms with Crippen molar-refractivity contribution in [1.82, 2.24) is 4.57 Å². The molecule has 1 aliphatic heterocycles. The summed E-state index contributed by atoms with van der Waals surface area (Å²) < 4.78 is 9.12. The van der Waals surface area contributed by atoms with Gasteiger partial charge in [0, 0.05) is 49.8 Å². The number of aromatic nitrogens is 1. The molecule has 10 rings (SSSR count). The maximum Gasteiger partial charge on any atom is 0.159 e. The number of furan rings is 1. The van der Waals surface area contributed by atoms with E-state index in [9.17, 15) is 0 Å². The van der Waals surface area contributed by atoms with E-state index in [1.54, 1.807) is 0 Å². The van der Waals surface area contributed by atoms with E-state index in [0.29, 0.717) is 5.92 Å². The Bertz CT molecular complexity index is 2580. The number of hydrogen-bond donors (Lipinski definition) is 1. The first kappa shape index (κ1) is 27.0. The molecule has 0 saturated carbocycles. The van der Waals surface area contributed by atoms with E-state index in [-0.39, 0.29) is 6.17 Å². The van der Waals surface area contributed by atoms with Gasteiger partial charge in [0.1, 0.15) is 11.7 Å². The lowest BCUT2D eigenvalue weighted by Crippen LogP contribution is -2.20. The van der Waals surface area contributed by atoms with Crippen LogP contribution in [0.25, 0.3) is 49.4 Å². The Morgan fingerprint density at radius 1 is 0.667 bits per heavy atom. The van der Waals surface area contributed by atoms with Crippen molar-refractivity contribution < 1.29 is 4.42 Å². The van der Waals surface area contributed by atoms with E-state index in [4.69, 9.17) is 9.41 Å². The molecule has 0 bridgehead atoms. The van der Waals surface area contributed by atoms with Crippen molar-refractivity contribution in [1.29, 1.82) is 0 Å². The third kappa shape index (κ3) is 4.12. The summed E-state index contributed by atoms with van der Waals surface area (Å²) in [6.07, 6.45) is 9.54. The number of hydrogen-bond acceptors (Lipinski definition) is 3. The highest BCUT2D eigenvalue weighted by molar-refractivity contribution is 6.18. The number of aliphatic imine (C=N–C) groups is 1. The minimum absolute atomic E-state index is 0.289. The molecule has 1 N–H and O–H groups in total. The molecule has 1 aliphatic carbocycles. The average molecular weight is 618 g/mol. The summed E-state index contributed by atoms with van der Waals surface area (Å²) in [6.45, 7) is 0. The Hall–Kier alpha value is -6.13. The van der Waals surface area contributed by atoms with Gasteiger partial charge in [-0.3, -0.25) is 4.99 Å². The lowest BCUT2D eigenvalue weighted by atomic mass is 9.90. The quantitative estimate of drug-likeness (QED) is 0.213. The average Bonchev–Trinajstić information content (AvgIpc) is 3.71.